The zero-order valence-electron chi connectivity index (χ0n) is 18.8. The lowest BCUT2D eigenvalue weighted by Crippen LogP contribution is -2.13. The zero-order valence-corrected chi connectivity index (χ0v) is 19.7. The fourth-order valence-corrected chi connectivity index (χ4v) is 4.61. The highest BCUT2D eigenvalue weighted by Gasteiger charge is 2.20. The van der Waals surface area contributed by atoms with Crippen LogP contribution in [-0.4, -0.2) is 30.3 Å². The number of amides is 1. The van der Waals surface area contributed by atoms with Crippen LogP contribution in [0.1, 0.15) is 21.7 Å². The molecule has 0 aliphatic rings. The third-order valence-electron chi connectivity index (χ3n) is 5.61. The second-order valence-electron chi connectivity index (χ2n) is 8.05. The number of aryl methyl sites for hydroxylation is 1. The number of hydrogen-bond donors (Lipinski definition) is 2. The molecule has 4 rings (SSSR count). The third-order valence-corrected chi connectivity index (χ3v) is 6.74. The predicted octanol–water partition coefficient (Wildman–Crippen LogP) is 5.26. The lowest BCUT2D eigenvalue weighted by Gasteiger charge is -2.16. The molecule has 34 heavy (non-hydrogen) atoms. The van der Waals surface area contributed by atoms with Gasteiger partial charge in [0, 0.05) is 40.5 Å². The average Bonchev–Trinajstić information content (AvgIpc) is 3.07. The molecule has 0 aliphatic heterocycles. The second kappa shape index (κ2) is 8.79. The summed E-state index contributed by atoms with van der Waals surface area (Å²) in [4.78, 5) is 13.2. The number of anilines is 1. The normalized spacial score (nSPS) is 11.4. The summed E-state index contributed by atoms with van der Waals surface area (Å²) in [7, 11) is -3.33. The summed E-state index contributed by atoms with van der Waals surface area (Å²) in [6, 6.07) is 19.0. The Kier molecular flexibility index (Phi) is 6.01. The molecule has 0 saturated heterocycles. The van der Waals surface area contributed by atoms with Crippen LogP contribution in [-0.2, 0) is 9.84 Å². The Balaban J connectivity index is 1.71. The Morgan fingerprint density at radius 1 is 0.941 bits per heavy atom. The first-order valence-electron chi connectivity index (χ1n) is 10.4. The number of hydrogen-bond acceptors (Lipinski definition) is 4. The smallest absolute Gasteiger partial charge is 0.257 e. The van der Waals surface area contributed by atoms with Gasteiger partial charge >= 0.3 is 0 Å². The van der Waals surface area contributed by atoms with E-state index < -0.39 is 15.7 Å². The molecule has 0 fully saturated rings. The van der Waals surface area contributed by atoms with Crippen molar-refractivity contribution in [1.29, 1.82) is 0 Å². The van der Waals surface area contributed by atoms with Crippen molar-refractivity contribution < 1.29 is 22.7 Å². The van der Waals surface area contributed by atoms with Gasteiger partial charge in [-0.25, -0.2) is 12.8 Å². The number of nitrogens with zero attached hydrogens (tertiary/aromatic N) is 1. The average molecular weight is 479 g/mol. The maximum absolute atomic E-state index is 13.5. The van der Waals surface area contributed by atoms with Gasteiger partial charge in [-0.05, 0) is 62.4 Å². The minimum Gasteiger partial charge on any atom is -0.507 e. The van der Waals surface area contributed by atoms with E-state index >= 15 is 0 Å². The van der Waals surface area contributed by atoms with E-state index in [9.17, 15) is 22.7 Å². The van der Waals surface area contributed by atoms with Crippen molar-refractivity contribution in [2.75, 3.05) is 11.6 Å². The van der Waals surface area contributed by atoms with Crippen LogP contribution in [0, 0.1) is 19.7 Å². The fraction of sp³-hybridized carbons (Fsp3) is 0.115. The van der Waals surface area contributed by atoms with Crippen LogP contribution in [0.2, 0.25) is 0 Å². The van der Waals surface area contributed by atoms with Crippen LogP contribution < -0.4 is 5.32 Å². The molecule has 0 spiro atoms. The second-order valence-corrected chi connectivity index (χ2v) is 10.1. The lowest BCUT2D eigenvalue weighted by molar-refractivity contribution is 0.102. The summed E-state index contributed by atoms with van der Waals surface area (Å²) in [5.41, 5.74) is 4.28. The zero-order chi connectivity index (χ0) is 24.6. The number of phenols is 1. The number of carbonyl (C=O) groups is 1. The van der Waals surface area contributed by atoms with Gasteiger partial charge < -0.3 is 15.0 Å². The summed E-state index contributed by atoms with van der Waals surface area (Å²) in [6.45, 7) is 3.68. The SMILES string of the molecule is Cc1cc(C(=O)Nc2ccc(S(C)(=O)=O)cc2)c(C)n1-c1ccccc1-c1ccc(F)cc1O. The van der Waals surface area contributed by atoms with Gasteiger partial charge in [0.25, 0.3) is 5.91 Å². The number of nitrogens with one attached hydrogen (secondary N) is 1. The van der Waals surface area contributed by atoms with Gasteiger partial charge in [-0.15, -0.1) is 0 Å². The number of phenolic OH excluding ortho intramolecular Hbond substituents is 1. The quantitative estimate of drug-likeness (QED) is 0.409. The van der Waals surface area contributed by atoms with E-state index in [1.807, 2.05) is 42.7 Å². The number of para-hydroxylation sites is 1. The van der Waals surface area contributed by atoms with Gasteiger partial charge in [-0.2, -0.15) is 0 Å². The molecule has 6 nitrogen and oxygen atoms in total. The summed E-state index contributed by atoms with van der Waals surface area (Å²) in [5.74, 6) is -1.05. The summed E-state index contributed by atoms with van der Waals surface area (Å²) in [6.07, 6.45) is 1.12. The molecular formula is C26H23FN2O4S. The highest BCUT2D eigenvalue weighted by atomic mass is 32.2. The molecule has 0 unspecified atom stereocenters. The van der Waals surface area contributed by atoms with Gasteiger partial charge in [0.05, 0.1) is 16.1 Å². The van der Waals surface area contributed by atoms with Crippen molar-refractivity contribution >= 4 is 21.4 Å². The van der Waals surface area contributed by atoms with Crippen molar-refractivity contribution in [2.45, 2.75) is 18.7 Å². The number of sulfone groups is 1. The number of benzene rings is 3. The van der Waals surface area contributed by atoms with Gasteiger partial charge in [-0.1, -0.05) is 18.2 Å². The Hall–Kier alpha value is -3.91. The molecular weight excluding hydrogens is 455 g/mol. The Bertz CT molecular complexity index is 1510. The van der Waals surface area contributed by atoms with E-state index in [1.165, 1.54) is 24.3 Å². The molecule has 1 amide bonds. The molecule has 1 heterocycles. The van der Waals surface area contributed by atoms with Crippen molar-refractivity contribution in [1.82, 2.24) is 4.57 Å². The molecule has 3 aromatic carbocycles. The van der Waals surface area contributed by atoms with E-state index in [1.54, 1.807) is 18.2 Å². The fourth-order valence-electron chi connectivity index (χ4n) is 3.98. The highest BCUT2D eigenvalue weighted by molar-refractivity contribution is 7.90. The van der Waals surface area contributed by atoms with Crippen LogP contribution in [0.5, 0.6) is 5.75 Å². The van der Waals surface area contributed by atoms with Crippen LogP contribution >= 0.6 is 0 Å². The van der Waals surface area contributed by atoms with Crippen molar-refractivity contribution in [3.63, 3.8) is 0 Å². The monoisotopic (exact) mass is 478 g/mol. The largest absolute Gasteiger partial charge is 0.507 e. The van der Waals surface area contributed by atoms with Crippen molar-refractivity contribution in [3.8, 4) is 22.6 Å². The first-order valence-corrected chi connectivity index (χ1v) is 12.3. The molecule has 174 valence electrons. The van der Waals surface area contributed by atoms with Crippen LogP contribution in [0.4, 0.5) is 10.1 Å². The van der Waals surface area contributed by atoms with Crippen molar-refractivity contribution in [2.24, 2.45) is 0 Å². The number of aromatic hydroxyl groups is 1. The van der Waals surface area contributed by atoms with E-state index in [-0.39, 0.29) is 16.6 Å². The third kappa shape index (κ3) is 4.45. The molecule has 1 aromatic heterocycles. The molecule has 2 N–H and O–H groups in total. The summed E-state index contributed by atoms with van der Waals surface area (Å²) < 4.78 is 38.7. The minimum absolute atomic E-state index is 0.171. The van der Waals surface area contributed by atoms with E-state index in [0.29, 0.717) is 28.1 Å². The first-order chi connectivity index (χ1) is 16.1. The van der Waals surface area contributed by atoms with E-state index in [2.05, 4.69) is 5.32 Å². The topological polar surface area (TPSA) is 88.4 Å². The predicted molar refractivity (Wildman–Crippen MR) is 130 cm³/mol. The van der Waals surface area contributed by atoms with E-state index in [4.69, 9.17) is 0 Å². The molecule has 0 radical (unpaired) electrons. The Labute approximate surface area is 197 Å². The first kappa shape index (κ1) is 23.3. The number of aromatic nitrogens is 1. The number of rotatable bonds is 5. The van der Waals surface area contributed by atoms with Gasteiger partial charge in [0.2, 0.25) is 0 Å². The van der Waals surface area contributed by atoms with Crippen LogP contribution in [0.25, 0.3) is 16.8 Å². The molecule has 8 heteroatoms. The molecule has 0 aliphatic carbocycles. The highest BCUT2D eigenvalue weighted by Crippen LogP contribution is 2.35. The molecule has 0 bridgehead atoms. The van der Waals surface area contributed by atoms with Crippen molar-refractivity contribution in [3.05, 3.63) is 95.6 Å². The Morgan fingerprint density at radius 2 is 1.62 bits per heavy atom. The molecule has 0 atom stereocenters. The van der Waals surface area contributed by atoms with Gasteiger partial charge in [0.15, 0.2) is 9.84 Å². The van der Waals surface area contributed by atoms with Crippen LogP contribution in [0.3, 0.4) is 0 Å². The maximum atomic E-state index is 13.5. The molecule has 0 saturated carbocycles. The van der Waals surface area contributed by atoms with Crippen LogP contribution in [0.15, 0.2) is 77.7 Å². The van der Waals surface area contributed by atoms with E-state index in [0.717, 1.165) is 23.7 Å². The maximum Gasteiger partial charge on any atom is 0.257 e. The Morgan fingerprint density at radius 3 is 2.26 bits per heavy atom. The summed E-state index contributed by atoms with van der Waals surface area (Å²) in [5, 5.41) is 13.1. The lowest BCUT2D eigenvalue weighted by atomic mass is 10.0. The minimum atomic E-state index is -3.33. The van der Waals surface area contributed by atoms with Gasteiger partial charge in [0.1, 0.15) is 11.6 Å². The van der Waals surface area contributed by atoms with Gasteiger partial charge in [-0.3, -0.25) is 4.79 Å². The number of halogens is 1. The standard InChI is InChI=1S/C26H23FN2O4S/c1-16-14-23(26(31)28-19-9-11-20(12-10-19)34(3,32)33)17(2)29(16)24-7-5-4-6-21(24)22-13-8-18(27)15-25(22)30/h4-15,30H,1-3H3,(H,28,31). The summed E-state index contributed by atoms with van der Waals surface area (Å²) >= 11 is 0. The molecule has 4 aromatic rings. The number of carbonyl (C=O) groups excluding carboxylic acids is 1.